The van der Waals surface area contributed by atoms with E-state index < -0.39 is 5.25 Å². The van der Waals surface area contributed by atoms with Crippen LogP contribution >= 0.6 is 23.1 Å². The summed E-state index contributed by atoms with van der Waals surface area (Å²) >= 11 is 2.58. The maximum absolute atomic E-state index is 12.8. The van der Waals surface area contributed by atoms with Gasteiger partial charge in [-0.1, -0.05) is 30.0 Å². The van der Waals surface area contributed by atoms with Crippen molar-refractivity contribution in [1.82, 2.24) is 9.55 Å². The Morgan fingerprint density at radius 1 is 1.30 bits per heavy atom. The van der Waals surface area contributed by atoms with Crippen LogP contribution in [-0.4, -0.2) is 27.9 Å². The zero-order chi connectivity index (χ0) is 16.4. The van der Waals surface area contributed by atoms with E-state index in [9.17, 15) is 9.59 Å². The Kier molecular flexibility index (Phi) is 4.49. The molecule has 5 nitrogen and oxygen atoms in total. The van der Waals surface area contributed by atoms with E-state index in [0.717, 1.165) is 5.69 Å². The Morgan fingerprint density at radius 2 is 2.04 bits per heavy atom. The second-order valence-electron chi connectivity index (χ2n) is 4.79. The average Bonchev–Trinajstić information content (AvgIpc) is 3.03. The molecule has 0 aliphatic rings. The fourth-order valence-electron chi connectivity index (χ4n) is 2.15. The lowest BCUT2D eigenvalue weighted by Crippen LogP contribution is -2.23. The SMILES string of the molecule is COC(=O)[C@H](C)Sc1nc2ccsc2c(=O)n1-c1ccccc1. The van der Waals surface area contributed by atoms with E-state index in [1.54, 1.807) is 11.5 Å². The number of benzene rings is 1. The molecule has 0 amide bonds. The second kappa shape index (κ2) is 6.55. The molecule has 0 spiro atoms. The largest absolute Gasteiger partial charge is 0.468 e. The fraction of sp³-hybridized carbons (Fsp3) is 0.188. The number of nitrogens with zero attached hydrogens (tertiary/aromatic N) is 2. The van der Waals surface area contributed by atoms with Crippen molar-refractivity contribution in [3.8, 4) is 5.69 Å². The lowest BCUT2D eigenvalue weighted by molar-refractivity contribution is -0.139. The standard InChI is InChI=1S/C16H14N2O3S2/c1-10(15(20)21-2)23-16-17-12-8-9-22-13(12)14(19)18(16)11-6-4-3-5-7-11/h3-10H,1-2H3/t10-/m0/s1. The molecule has 0 aliphatic carbocycles. The van der Waals surface area contributed by atoms with Crippen molar-refractivity contribution in [3.05, 3.63) is 52.1 Å². The van der Waals surface area contributed by atoms with Gasteiger partial charge in [0.05, 0.1) is 18.3 Å². The van der Waals surface area contributed by atoms with Crippen molar-refractivity contribution in [1.29, 1.82) is 0 Å². The normalized spacial score (nSPS) is 12.3. The van der Waals surface area contributed by atoms with Crippen LogP contribution in [-0.2, 0) is 9.53 Å². The average molecular weight is 346 g/mol. The predicted octanol–water partition coefficient (Wildman–Crippen LogP) is 3.10. The van der Waals surface area contributed by atoms with Gasteiger partial charge >= 0.3 is 5.97 Å². The van der Waals surface area contributed by atoms with Gasteiger partial charge in [0, 0.05) is 0 Å². The first kappa shape index (κ1) is 15.8. The number of hydrogen-bond donors (Lipinski definition) is 0. The first-order valence-electron chi connectivity index (χ1n) is 6.92. The van der Waals surface area contributed by atoms with E-state index in [2.05, 4.69) is 4.98 Å². The van der Waals surface area contributed by atoms with Crippen LogP contribution in [0.5, 0.6) is 0 Å². The molecular formula is C16H14N2O3S2. The molecule has 1 aromatic carbocycles. The number of para-hydroxylation sites is 1. The van der Waals surface area contributed by atoms with Crippen LogP contribution in [0.4, 0.5) is 0 Å². The molecule has 7 heteroatoms. The van der Waals surface area contributed by atoms with Crippen LogP contribution in [0.2, 0.25) is 0 Å². The number of rotatable bonds is 4. The van der Waals surface area contributed by atoms with Gasteiger partial charge in [-0.2, -0.15) is 0 Å². The topological polar surface area (TPSA) is 61.2 Å². The summed E-state index contributed by atoms with van der Waals surface area (Å²) in [4.78, 5) is 29.1. The number of esters is 1. The van der Waals surface area contributed by atoms with Gasteiger partial charge in [-0.3, -0.25) is 14.2 Å². The first-order valence-corrected chi connectivity index (χ1v) is 8.68. The van der Waals surface area contributed by atoms with E-state index in [4.69, 9.17) is 4.74 Å². The highest BCUT2D eigenvalue weighted by Gasteiger charge is 2.20. The van der Waals surface area contributed by atoms with Crippen molar-refractivity contribution in [2.45, 2.75) is 17.3 Å². The smallest absolute Gasteiger partial charge is 0.318 e. The summed E-state index contributed by atoms with van der Waals surface area (Å²) in [6.45, 7) is 1.73. The molecule has 0 saturated carbocycles. The molecule has 23 heavy (non-hydrogen) atoms. The molecule has 3 rings (SSSR count). The Morgan fingerprint density at radius 3 is 2.74 bits per heavy atom. The van der Waals surface area contributed by atoms with E-state index in [-0.39, 0.29) is 11.5 Å². The summed E-state index contributed by atoms with van der Waals surface area (Å²) in [6, 6.07) is 11.1. The summed E-state index contributed by atoms with van der Waals surface area (Å²) in [5, 5.41) is 1.86. The van der Waals surface area contributed by atoms with Crippen LogP contribution < -0.4 is 5.56 Å². The fourth-order valence-corrected chi connectivity index (χ4v) is 3.86. The quantitative estimate of drug-likeness (QED) is 0.413. The van der Waals surface area contributed by atoms with Crippen LogP contribution in [0, 0.1) is 0 Å². The van der Waals surface area contributed by atoms with Crippen LogP contribution in [0.1, 0.15) is 6.92 Å². The number of fused-ring (bicyclic) bond motifs is 1. The van der Waals surface area contributed by atoms with Gasteiger partial charge in [-0.05, 0) is 30.5 Å². The molecule has 0 unspecified atom stereocenters. The van der Waals surface area contributed by atoms with Crippen LogP contribution in [0.3, 0.4) is 0 Å². The molecule has 0 aliphatic heterocycles. The van der Waals surface area contributed by atoms with Crippen molar-refractivity contribution in [2.24, 2.45) is 0 Å². The molecule has 2 aromatic heterocycles. The van der Waals surface area contributed by atoms with E-state index in [1.807, 2.05) is 41.8 Å². The maximum atomic E-state index is 12.8. The molecule has 3 aromatic rings. The van der Waals surface area contributed by atoms with Gasteiger partial charge in [0.15, 0.2) is 5.16 Å². The summed E-state index contributed by atoms with van der Waals surface area (Å²) in [7, 11) is 1.35. The minimum Gasteiger partial charge on any atom is -0.468 e. The Balaban J connectivity index is 2.19. The zero-order valence-corrected chi connectivity index (χ0v) is 14.2. The third-order valence-corrected chi connectivity index (χ3v) is 5.20. The summed E-state index contributed by atoms with van der Waals surface area (Å²) in [5.74, 6) is -0.353. The number of methoxy groups -OCH3 is 1. The number of carbonyl (C=O) groups is 1. The van der Waals surface area contributed by atoms with Crippen LogP contribution in [0.15, 0.2) is 51.7 Å². The van der Waals surface area contributed by atoms with Gasteiger partial charge in [0.2, 0.25) is 0 Å². The number of carbonyl (C=O) groups excluding carboxylic acids is 1. The number of thiophene rings is 1. The Hall–Kier alpha value is -2.12. The lowest BCUT2D eigenvalue weighted by atomic mass is 10.3. The monoisotopic (exact) mass is 346 g/mol. The third kappa shape index (κ3) is 3.02. The minimum atomic E-state index is -0.460. The molecule has 2 heterocycles. The van der Waals surface area contributed by atoms with Gasteiger partial charge in [-0.25, -0.2) is 4.98 Å². The summed E-state index contributed by atoms with van der Waals surface area (Å²) in [6.07, 6.45) is 0. The lowest BCUT2D eigenvalue weighted by Gasteiger charge is -2.14. The Bertz CT molecular complexity index is 903. The number of thioether (sulfide) groups is 1. The molecular weight excluding hydrogens is 332 g/mol. The highest BCUT2D eigenvalue weighted by molar-refractivity contribution is 8.00. The highest BCUT2D eigenvalue weighted by atomic mass is 32.2. The number of ether oxygens (including phenoxy) is 1. The highest BCUT2D eigenvalue weighted by Crippen LogP contribution is 2.26. The Labute approximate surface area is 140 Å². The molecule has 1 atom stereocenters. The van der Waals surface area contributed by atoms with Gasteiger partial charge < -0.3 is 4.74 Å². The molecule has 0 radical (unpaired) electrons. The van der Waals surface area contributed by atoms with Gasteiger partial charge in [0.25, 0.3) is 5.56 Å². The summed E-state index contributed by atoms with van der Waals surface area (Å²) in [5.41, 5.74) is 1.24. The summed E-state index contributed by atoms with van der Waals surface area (Å²) < 4.78 is 6.91. The zero-order valence-electron chi connectivity index (χ0n) is 12.6. The van der Waals surface area contributed by atoms with Gasteiger partial charge in [0.1, 0.15) is 9.95 Å². The third-order valence-electron chi connectivity index (χ3n) is 3.28. The number of aromatic nitrogens is 2. The van der Waals surface area contributed by atoms with Gasteiger partial charge in [-0.15, -0.1) is 11.3 Å². The molecule has 118 valence electrons. The first-order chi connectivity index (χ1) is 11.1. The maximum Gasteiger partial charge on any atom is 0.318 e. The molecule has 0 fully saturated rings. The minimum absolute atomic E-state index is 0.129. The second-order valence-corrected chi connectivity index (χ2v) is 7.01. The van der Waals surface area contributed by atoms with Crippen LogP contribution in [0.25, 0.3) is 15.9 Å². The van der Waals surface area contributed by atoms with E-state index >= 15 is 0 Å². The molecule has 0 bridgehead atoms. The van der Waals surface area contributed by atoms with Crippen molar-refractivity contribution in [3.63, 3.8) is 0 Å². The van der Waals surface area contributed by atoms with E-state index in [0.29, 0.717) is 15.4 Å². The number of hydrogen-bond acceptors (Lipinski definition) is 6. The van der Waals surface area contributed by atoms with E-state index in [1.165, 1.54) is 30.2 Å². The van der Waals surface area contributed by atoms with Crippen molar-refractivity contribution >= 4 is 39.3 Å². The van der Waals surface area contributed by atoms with Crippen molar-refractivity contribution < 1.29 is 9.53 Å². The van der Waals surface area contributed by atoms with Crippen molar-refractivity contribution in [2.75, 3.05) is 7.11 Å². The molecule has 0 saturated heterocycles. The molecule has 0 N–H and O–H groups in total. The predicted molar refractivity (Wildman–Crippen MR) is 92.6 cm³/mol.